The number of hydrogen-bond donors (Lipinski definition) is 0. The third kappa shape index (κ3) is 3.04. The molecule has 0 amide bonds. The molecule has 0 atom stereocenters. The minimum atomic E-state index is -4.46. The fraction of sp³-hybridized carbons (Fsp3) is 0.300. The summed E-state index contributed by atoms with van der Waals surface area (Å²) in [6.07, 6.45) is -0.140. The molecule has 0 unspecified atom stereocenters. The molecule has 1 aromatic rings. The molecule has 0 radical (unpaired) electrons. The van der Waals surface area contributed by atoms with Crippen molar-refractivity contribution in [2.45, 2.75) is 25.2 Å². The Hall–Kier alpha value is -1.96. The minimum Gasteiger partial charge on any atom is -0.342 e. The quantitative estimate of drug-likeness (QED) is 0.468. The van der Waals surface area contributed by atoms with Gasteiger partial charge in [-0.1, -0.05) is 13.0 Å². The zero-order chi connectivity index (χ0) is 13.9. The van der Waals surface area contributed by atoms with Crippen LogP contribution in [0.4, 0.5) is 5.69 Å². The van der Waals surface area contributed by atoms with E-state index in [0.29, 0.717) is 5.56 Å². The molecular weight excluding hydrogens is 262 g/mol. The second kappa shape index (κ2) is 5.13. The third-order valence-electron chi connectivity index (χ3n) is 2.07. The highest BCUT2D eigenvalue weighted by molar-refractivity contribution is 7.87. The summed E-state index contributed by atoms with van der Waals surface area (Å²) < 4.78 is 27.7. The molecule has 0 spiro atoms. The smallest absolute Gasteiger partial charge is 0.342 e. The average molecular weight is 273 g/mol. The number of hydrogen-bond acceptors (Lipinski definition) is 6. The van der Waals surface area contributed by atoms with E-state index in [1.54, 1.807) is 6.92 Å². The Bertz CT molecular complexity index is 592. The van der Waals surface area contributed by atoms with Gasteiger partial charge in [-0.25, -0.2) is 0 Å². The van der Waals surface area contributed by atoms with Crippen LogP contribution in [0.2, 0.25) is 0 Å². The number of rotatable bonds is 4. The van der Waals surface area contributed by atoms with Crippen molar-refractivity contribution in [2.75, 3.05) is 0 Å². The summed E-state index contributed by atoms with van der Waals surface area (Å²) in [5.74, 6) is -0.967. The Morgan fingerprint density at radius 1 is 1.44 bits per heavy atom. The second-order valence-corrected chi connectivity index (χ2v) is 5.01. The van der Waals surface area contributed by atoms with Gasteiger partial charge >= 0.3 is 16.1 Å². The van der Waals surface area contributed by atoms with Gasteiger partial charge in [-0.05, 0) is 18.6 Å². The molecule has 0 saturated heterocycles. The van der Waals surface area contributed by atoms with Crippen LogP contribution in [0.15, 0.2) is 23.1 Å². The number of benzene rings is 1. The highest BCUT2D eigenvalue weighted by Crippen LogP contribution is 2.26. The largest absolute Gasteiger partial charge is 0.348 e. The van der Waals surface area contributed by atoms with Crippen LogP contribution in [0.1, 0.15) is 18.9 Å². The zero-order valence-corrected chi connectivity index (χ0v) is 10.6. The van der Waals surface area contributed by atoms with Gasteiger partial charge in [0, 0.05) is 12.5 Å². The first kappa shape index (κ1) is 14.1. The standard InChI is InChI=1S/C10H11NO6S/c1-3-10(12)17-18(15,16)9-6-7(2)4-5-8(9)11(13)14/h4-6H,3H2,1-2H3. The summed E-state index contributed by atoms with van der Waals surface area (Å²) in [7, 11) is -4.46. The summed E-state index contributed by atoms with van der Waals surface area (Å²) in [6.45, 7) is 2.99. The fourth-order valence-electron chi connectivity index (χ4n) is 1.20. The van der Waals surface area contributed by atoms with Crippen LogP contribution < -0.4 is 0 Å². The Balaban J connectivity index is 3.35. The summed E-state index contributed by atoms with van der Waals surface area (Å²) >= 11 is 0. The van der Waals surface area contributed by atoms with Gasteiger partial charge < -0.3 is 4.18 Å². The van der Waals surface area contributed by atoms with E-state index in [1.165, 1.54) is 13.0 Å². The molecule has 0 heterocycles. The van der Waals surface area contributed by atoms with Crippen LogP contribution in [0.5, 0.6) is 0 Å². The van der Waals surface area contributed by atoms with E-state index in [1.807, 2.05) is 0 Å². The molecule has 0 aromatic heterocycles. The lowest BCUT2D eigenvalue weighted by Crippen LogP contribution is -2.14. The lowest BCUT2D eigenvalue weighted by atomic mass is 10.2. The van der Waals surface area contributed by atoms with E-state index in [4.69, 9.17) is 0 Å². The van der Waals surface area contributed by atoms with Crippen molar-refractivity contribution < 1.29 is 22.3 Å². The van der Waals surface area contributed by atoms with Gasteiger partial charge in [0.25, 0.3) is 5.69 Å². The molecule has 0 saturated carbocycles. The molecule has 0 aliphatic rings. The van der Waals surface area contributed by atoms with Crippen molar-refractivity contribution >= 4 is 21.8 Å². The van der Waals surface area contributed by atoms with Gasteiger partial charge in [0.05, 0.1) is 4.92 Å². The minimum absolute atomic E-state index is 0.140. The summed E-state index contributed by atoms with van der Waals surface area (Å²) in [5.41, 5.74) is -0.115. The molecule has 0 bridgehead atoms. The van der Waals surface area contributed by atoms with E-state index < -0.39 is 31.6 Å². The number of aryl methyl sites for hydroxylation is 1. The van der Waals surface area contributed by atoms with E-state index in [0.717, 1.165) is 12.1 Å². The Kier molecular flexibility index (Phi) is 4.02. The molecular formula is C10H11NO6S. The predicted octanol–water partition coefficient (Wildman–Crippen LogP) is 1.55. The van der Waals surface area contributed by atoms with Crippen LogP contribution in [0, 0.1) is 17.0 Å². The van der Waals surface area contributed by atoms with E-state index in [9.17, 15) is 23.3 Å². The van der Waals surface area contributed by atoms with E-state index in [-0.39, 0.29) is 6.42 Å². The summed E-state index contributed by atoms with van der Waals surface area (Å²) in [4.78, 5) is 20.3. The molecule has 0 fully saturated rings. The van der Waals surface area contributed by atoms with E-state index >= 15 is 0 Å². The summed E-state index contributed by atoms with van der Waals surface area (Å²) in [5, 5.41) is 10.7. The monoisotopic (exact) mass is 273 g/mol. The number of nitro benzene ring substituents is 1. The van der Waals surface area contributed by atoms with Crippen LogP contribution in [0.25, 0.3) is 0 Å². The van der Waals surface area contributed by atoms with Crippen molar-refractivity contribution in [3.05, 3.63) is 33.9 Å². The number of nitrogens with zero attached hydrogens (tertiary/aromatic N) is 1. The van der Waals surface area contributed by atoms with Crippen LogP contribution >= 0.6 is 0 Å². The topological polar surface area (TPSA) is 104 Å². The number of carbonyl (C=O) groups is 1. The molecule has 7 nitrogen and oxygen atoms in total. The maximum atomic E-state index is 11.7. The molecule has 0 N–H and O–H groups in total. The first-order valence-corrected chi connectivity index (χ1v) is 6.41. The molecule has 1 aromatic carbocycles. The maximum Gasteiger partial charge on any atom is 0.348 e. The molecule has 18 heavy (non-hydrogen) atoms. The van der Waals surface area contributed by atoms with Gasteiger partial charge in [-0.15, -0.1) is 0 Å². The second-order valence-electron chi connectivity index (χ2n) is 3.49. The SMILES string of the molecule is CCC(=O)OS(=O)(=O)c1cc(C)ccc1[N+](=O)[O-]. The first-order chi connectivity index (χ1) is 8.27. The zero-order valence-electron chi connectivity index (χ0n) is 9.74. The highest BCUT2D eigenvalue weighted by atomic mass is 32.2. The predicted molar refractivity (Wildman–Crippen MR) is 61.4 cm³/mol. The molecule has 98 valence electrons. The van der Waals surface area contributed by atoms with Gasteiger partial charge in [-0.3, -0.25) is 14.9 Å². The van der Waals surface area contributed by atoms with Gasteiger partial charge in [0.1, 0.15) is 0 Å². The normalized spacial score (nSPS) is 11.0. The van der Waals surface area contributed by atoms with Crippen LogP contribution in [0.3, 0.4) is 0 Å². The van der Waals surface area contributed by atoms with Gasteiger partial charge in [-0.2, -0.15) is 8.42 Å². The van der Waals surface area contributed by atoms with Crippen molar-refractivity contribution in [1.29, 1.82) is 0 Å². The molecule has 0 aliphatic carbocycles. The molecule has 8 heteroatoms. The fourth-order valence-corrected chi connectivity index (χ4v) is 2.38. The van der Waals surface area contributed by atoms with E-state index in [2.05, 4.69) is 4.18 Å². The van der Waals surface area contributed by atoms with Crippen molar-refractivity contribution in [2.24, 2.45) is 0 Å². The van der Waals surface area contributed by atoms with Gasteiger partial charge in [0.2, 0.25) is 0 Å². The van der Waals surface area contributed by atoms with Crippen LogP contribution in [-0.4, -0.2) is 19.3 Å². The maximum absolute atomic E-state index is 11.7. The van der Waals surface area contributed by atoms with Crippen molar-refractivity contribution in [1.82, 2.24) is 0 Å². The highest BCUT2D eigenvalue weighted by Gasteiger charge is 2.29. The van der Waals surface area contributed by atoms with Crippen LogP contribution in [-0.2, 0) is 19.1 Å². The number of carbonyl (C=O) groups excluding carboxylic acids is 1. The van der Waals surface area contributed by atoms with Crippen molar-refractivity contribution in [3.8, 4) is 0 Å². The molecule has 0 aliphatic heterocycles. The third-order valence-corrected chi connectivity index (χ3v) is 3.34. The first-order valence-electron chi connectivity index (χ1n) is 5.00. The average Bonchev–Trinajstić information content (AvgIpc) is 2.27. The summed E-state index contributed by atoms with van der Waals surface area (Å²) in [6, 6.07) is 3.55. The Labute approximate surface area is 104 Å². The van der Waals surface area contributed by atoms with Gasteiger partial charge in [0.15, 0.2) is 4.90 Å². The number of nitro groups is 1. The Morgan fingerprint density at radius 2 is 2.06 bits per heavy atom. The lowest BCUT2D eigenvalue weighted by molar-refractivity contribution is -0.387. The Morgan fingerprint density at radius 3 is 2.56 bits per heavy atom. The lowest BCUT2D eigenvalue weighted by Gasteiger charge is -2.06. The molecule has 1 rings (SSSR count). The van der Waals surface area contributed by atoms with Crippen molar-refractivity contribution in [3.63, 3.8) is 0 Å².